The normalized spacial score (nSPS) is 24.4. The van der Waals surface area contributed by atoms with E-state index in [4.69, 9.17) is 10.3 Å². The molecule has 3 atom stereocenters. The highest BCUT2D eigenvalue weighted by Gasteiger charge is 2.32. The number of hydrogen-bond donors (Lipinski definition) is 2. The zero-order chi connectivity index (χ0) is 14.1. The van der Waals surface area contributed by atoms with Crippen LogP contribution in [-0.2, 0) is 0 Å². The second-order valence-electron chi connectivity index (χ2n) is 5.80. The predicted molar refractivity (Wildman–Crippen MR) is 77.4 cm³/mol. The molecule has 3 nitrogen and oxygen atoms in total. The molecule has 3 unspecified atom stereocenters. The Morgan fingerprint density at radius 3 is 2.95 bits per heavy atom. The van der Waals surface area contributed by atoms with E-state index in [0.29, 0.717) is 11.5 Å². The SMILES string of the molecule is CCC1CCC(C(NN)c2cc3cccc(F)c3o2)C1. The van der Waals surface area contributed by atoms with Crippen LogP contribution in [0.3, 0.4) is 0 Å². The number of fused-ring (bicyclic) bond motifs is 1. The van der Waals surface area contributed by atoms with E-state index in [-0.39, 0.29) is 11.9 Å². The van der Waals surface area contributed by atoms with Crippen LogP contribution < -0.4 is 11.3 Å². The fourth-order valence-corrected chi connectivity index (χ4v) is 3.44. The first-order valence-electron chi connectivity index (χ1n) is 7.37. The highest BCUT2D eigenvalue weighted by molar-refractivity contribution is 5.78. The summed E-state index contributed by atoms with van der Waals surface area (Å²) in [6.07, 6.45) is 4.76. The summed E-state index contributed by atoms with van der Waals surface area (Å²) in [5, 5.41) is 0.797. The number of rotatable bonds is 4. The summed E-state index contributed by atoms with van der Waals surface area (Å²) in [4.78, 5) is 0. The van der Waals surface area contributed by atoms with Crippen LogP contribution in [0.25, 0.3) is 11.0 Å². The molecule has 2 aromatic rings. The molecule has 108 valence electrons. The Balaban J connectivity index is 1.89. The Hall–Kier alpha value is -1.39. The quantitative estimate of drug-likeness (QED) is 0.657. The number of para-hydroxylation sites is 1. The van der Waals surface area contributed by atoms with Gasteiger partial charge in [0.1, 0.15) is 5.76 Å². The molecule has 3 rings (SSSR count). The summed E-state index contributed by atoms with van der Waals surface area (Å²) in [5.74, 6) is 7.40. The van der Waals surface area contributed by atoms with Gasteiger partial charge in [-0.1, -0.05) is 31.9 Å². The molecular formula is C16H21FN2O. The molecule has 1 aliphatic rings. The number of halogens is 1. The third-order valence-corrected chi connectivity index (χ3v) is 4.63. The van der Waals surface area contributed by atoms with Crippen LogP contribution in [-0.4, -0.2) is 0 Å². The van der Waals surface area contributed by atoms with E-state index < -0.39 is 0 Å². The number of hydrogen-bond acceptors (Lipinski definition) is 3. The maximum absolute atomic E-state index is 13.7. The number of nitrogens with two attached hydrogens (primary N) is 1. The maximum atomic E-state index is 13.7. The maximum Gasteiger partial charge on any atom is 0.169 e. The molecule has 0 bridgehead atoms. The van der Waals surface area contributed by atoms with Crippen LogP contribution in [0.5, 0.6) is 0 Å². The lowest BCUT2D eigenvalue weighted by Gasteiger charge is -2.20. The van der Waals surface area contributed by atoms with Gasteiger partial charge in [0.05, 0.1) is 6.04 Å². The molecule has 1 heterocycles. The Labute approximate surface area is 118 Å². The summed E-state index contributed by atoms with van der Waals surface area (Å²) in [5.41, 5.74) is 3.20. The third-order valence-electron chi connectivity index (χ3n) is 4.63. The largest absolute Gasteiger partial charge is 0.456 e. The van der Waals surface area contributed by atoms with Crippen LogP contribution in [0.1, 0.15) is 44.4 Å². The topological polar surface area (TPSA) is 51.2 Å². The van der Waals surface area contributed by atoms with E-state index in [1.165, 1.54) is 18.9 Å². The van der Waals surface area contributed by atoms with Crippen molar-refractivity contribution < 1.29 is 8.81 Å². The van der Waals surface area contributed by atoms with E-state index in [0.717, 1.165) is 29.9 Å². The number of furan rings is 1. The van der Waals surface area contributed by atoms with E-state index in [9.17, 15) is 4.39 Å². The van der Waals surface area contributed by atoms with Gasteiger partial charge in [0.2, 0.25) is 0 Å². The second kappa shape index (κ2) is 5.54. The van der Waals surface area contributed by atoms with Crippen molar-refractivity contribution in [1.29, 1.82) is 0 Å². The monoisotopic (exact) mass is 276 g/mol. The van der Waals surface area contributed by atoms with Gasteiger partial charge < -0.3 is 4.42 Å². The molecule has 1 aromatic carbocycles. The standard InChI is InChI=1S/C16H21FN2O/c1-2-10-6-7-11(8-10)15(19-18)14-9-12-4-3-5-13(17)16(12)20-14/h3-5,9-11,15,19H,2,6-8,18H2,1H3. The fraction of sp³-hybridized carbons (Fsp3) is 0.500. The number of benzene rings is 1. The molecule has 0 radical (unpaired) electrons. The van der Waals surface area contributed by atoms with E-state index in [1.54, 1.807) is 6.07 Å². The summed E-state index contributed by atoms with van der Waals surface area (Å²) < 4.78 is 19.4. The van der Waals surface area contributed by atoms with E-state index in [1.807, 2.05) is 12.1 Å². The van der Waals surface area contributed by atoms with Gasteiger partial charge in [-0.25, -0.2) is 9.82 Å². The van der Waals surface area contributed by atoms with Crippen LogP contribution in [0.4, 0.5) is 4.39 Å². The van der Waals surface area contributed by atoms with Gasteiger partial charge in [-0.15, -0.1) is 0 Å². The van der Waals surface area contributed by atoms with Crippen molar-refractivity contribution in [3.63, 3.8) is 0 Å². The van der Waals surface area contributed by atoms with Crippen LogP contribution in [0.2, 0.25) is 0 Å². The summed E-state index contributed by atoms with van der Waals surface area (Å²) in [6.45, 7) is 2.23. The van der Waals surface area contributed by atoms with Crippen molar-refractivity contribution in [2.75, 3.05) is 0 Å². The lowest BCUT2D eigenvalue weighted by atomic mass is 9.94. The summed E-state index contributed by atoms with van der Waals surface area (Å²) in [6, 6.07) is 6.86. The van der Waals surface area contributed by atoms with Crippen molar-refractivity contribution in [2.24, 2.45) is 17.7 Å². The van der Waals surface area contributed by atoms with Crippen LogP contribution >= 0.6 is 0 Å². The average molecular weight is 276 g/mol. The third kappa shape index (κ3) is 2.34. The second-order valence-corrected chi connectivity index (χ2v) is 5.80. The van der Waals surface area contributed by atoms with Crippen molar-refractivity contribution in [3.05, 3.63) is 35.8 Å². The lowest BCUT2D eigenvalue weighted by molar-refractivity contribution is 0.312. The Morgan fingerprint density at radius 2 is 2.30 bits per heavy atom. The van der Waals surface area contributed by atoms with Crippen molar-refractivity contribution >= 4 is 11.0 Å². The predicted octanol–water partition coefficient (Wildman–Crippen LogP) is 3.90. The lowest BCUT2D eigenvalue weighted by Crippen LogP contribution is -2.32. The molecule has 0 amide bonds. The van der Waals surface area contributed by atoms with Crippen molar-refractivity contribution in [1.82, 2.24) is 5.43 Å². The zero-order valence-corrected chi connectivity index (χ0v) is 11.7. The Morgan fingerprint density at radius 1 is 1.45 bits per heavy atom. The first-order valence-corrected chi connectivity index (χ1v) is 7.37. The smallest absolute Gasteiger partial charge is 0.169 e. The minimum Gasteiger partial charge on any atom is -0.456 e. The molecule has 0 aliphatic heterocycles. The van der Waals surface area contributed by atoms with Gasteiger partial charge in [-0.05, 0) is 36.8 Å². The molecule has 1 aliphatic carbocycles. The minimum absolute atomic E-state index is 0.0293. The van der Waals surface area contributed by atoms with Gasteiger partial charge in [-0.3, -0.25) is 5.84 Å². The zero-order valence-electron chi connectivity index (χ0n) is 11.7. The molecule has 20 heavy (non-hydrogen) atoms. The highest BCUT2D eigenvalue weighted by atomic mass is 19.1. The molecule has 4 heteroatoms. The first kappa shape index (κ1) is 13.6. The van der Waals surface area contributed by atoms with Crippen LogP contribution in [0, 0.1) is 17.7 Å². The highest BCUT2D eigenvalue weighted by Crippen LogP contribution is 2.41. The molecule has 1 saturated carbocycles. The Bertz CT molecular complexity index is 595. The number of nitrogens with one attached hydrogen (secondary N) is 1. The molecule has 1 aromatic heterocycles. The molecule has 3 N–H and O–H groups in total. The van der Waals surface area contributed by atoms with Gasteiger partial charge in [-0.2, -0.15) is 0 Å². The van der Waals surface area contributed by atoms with Gasteiger partial charge >= 0.3 is 0 Å². The average Bonchev–Trinajstić information content (AvgIpc) is 3.07. The molecule has 0 saturated heterocycles. The van der Waals surface area contributed by atoms with Gasteiger partial charge in [0, 0.05) is 5.39 Å². The summed E-state index contributed by atoms with van der Waals surface area (Å²) in [7, 11) is 0. The van der Waals surface area contributed by atoms with Crippen molar-refractivity contribution in [2.45, 2.75) is 38.6 Å². The minimum atomic E-state index is -0.317. The summed E-state index contributed by atoms with van der Waals surface area (Å²) >= 11 is 0. The molecule has 1 fully saturated rings. The van der Waals surface area contributed by atoms with Gasteiger partial charge in [0.15, 0.2) is 11.4 Å². The Kier molecular flexibility index (Phi) is 3.76. The van der Waals surface area contributed by atoms with Crippen LogP contribution in [0.15, 0.2) is 28.7 Å². The molecular weight excluding hydrogens is 255 g/mol. The fourth-order valence-electron chi connectivity index (χ4n) is 3.44. The molecule has 0 spiro atoms. The van der Waals surface area contributed by atoms with E-state index >= 15 is 0 Å². The van der Waals surface area contributed by atoms with Crippen molar-refractivity contribution in [3.8, 4) is 0 Å². The van der Waals surface area contributed by atoms with E-state index in [2.05, 4.69) is 12.3 Å². The first-order chi connectivity index (χ1) is 9.72. The van der Waals surface area contributed by atoms with Gasteiger partial charge in [0.25, 0.3) is 0 Å². The number of hydrazine groups is 1.